The molecule has 0 atom stereocenters. The molecule has 0 radical (unpaired) electrons. The number of H-pyrrole nitrogens is 1. The number of rotatable bonds is 4. The molecule has 4 aromatic rings. The number of aromatic amines is 1. The van der Waals surface area contributed by atoms with Crippen molar-refractivity contribution in [3.63, 3.8) is 0 Å². The zero-order valence-corrected chi connectivity index (χ0v) is 15.2. The second-order valence-electron chi connectivity index (χ2n) is 6.53. The van der Waals surface area contributed by atoms with E-state index >= 15 is 0 Å². The van der Waals surface area contributed by atoms with Crippen LogP contribution in [0, 0.1) is 0 Å². The van der Waals surface area contributed by atoms with E-state index in [0.717, 1.165) is 43.1 Å². The van der Waals surface area contributed by atoms with E-state index < -0.39 is 0 Å². The Bertz CT molecular complexity index is 1070. The van der Waals surface area contributed by atoms with Gasteiger partial charge in [0.25, 0.3) is 0 Å². The van der Waals surface area contributed by atoms with Crippen LogP contribution in [0.1, 0.15) is 0 Å². The van der Waals surface area contributed by atoms with Gasteiger partial charge in [-0.15, -0.1) is 0 Å². The van der Waals surface area contributed by atoms with E-state index in [1.165, 1.54) is 5.69 Å². The molecular weight excluding hydrogens is 354 g/mol. The molecule has 5 rings (SSSR count). The molecule has 0 saturated carbocycles. The van der Waals surface area contributed by atoms with Gasteiger partial charge in [0.2, 0.25) is 0 Å². The molecule has 0 bridgehead atoms. The minimum absolute atomic E-state index is 0.606. The maximum atomic E-state index is 5.42. The van der Waals surface area contributed by atoms with Gasteiger partial charge in [-0.3, -0.25) is 10.1 Å². The van der Waals surface area contributed by atoms with Crippen molar-refractivity contribution in [3.8, 4) is 11.4 Å². The molecular formula is C20H19N7O. The number of ether oxygens (including phenoxy) is 1. The first-order chi connectivity index (χ1) is 13.9. The van der Waals surface area contributed by atoms with Gasteiger partial charge in [-0.2, -0.15) is 5.10 Å². The van der Waals surface area contributed by atoms with Gasteiger partial charge in [-0.25, -0.2) is 9.97 Å². The van der Waals surface area contributed by atoms with Gasteiger partial charge in [0.05, 0.1) is 13.2 Å². The van der Waals surface area contributed by atoms with Crippen LogP contribution in [0.4, 0.5) is 17.2 Å². The molecule has 4 heterocycles. The fraction of sp³-hybridized carbons (Fsp3) is 0.200. The molecule has 140 valence electrons. The van der Waals surface area contributed by atoms with Crippen LogP contribution < -0.4 is 10.2 Å². The Morgan fingerprint density at radius 2 is 1.89 bits per heavy atom. The number of aromatic nitrogens is 5. The molecule has 0 unspecified atom stereocenters. The summed E-state index contributed by atoms with van der Waals surface area (Å²) in [5, 5.41) is 10.5. The summed E-state index contributed by atoms with van der Waals surface area (Å²) in [5.41, 5.74) is 4.44. The van der Waals surface area contributed by atoms with Crippen LogP contribution in [0.5, 0.6) is 0 Å². The van der Waals surface area contributed by atoms with Crippen molar-refractivity contribution in [3.05, 3.63) is 55.0 Å². The van der Waals surface area contributed by atoms with E-state index in [-0.39, 0.29) is 0 Å². The second kappa shape index (κ2) is 7.24. The summed E-state index contributed by atoms with van der Waals surface area (Å²) in [5.74, 6) is 1.26. The zero-order chi connectivity index (χ0) is 18.8. The van der Waals surface area contributed by atoms with Crippen LogP contribution in [-0.4, -0.2) is 51.5 Å². The van der Waals surface area contributed by atoms with Crippen LogP contribution in [0.15, 0.2) is 55.0 Å². The number of hydrogen-bond donors (Lipinski definition) is 2. The molecule has 8 heteroatoms. The average Bonchev–Trinajstić information content (AvgIpc) is 3.25. The largest absolute Gasteiger partial charge is 0.378 e. The van der Waals surface area contributed by atoms with E-state index in [1.807, 2.05) is 12.1 Å². The number of anilines is 3. The van der Waals surface area contributed by atoms with Gasteiger partial charge in [0, 0.05) is 48.6 Å². The van der Waals surface area contributed by atoms with Gasteiger partial charge >= 0.3 is 0 Å². The van der Waals surface area contributed by atoms with Crippen molar-refractivity contribution in [2.24, 2.45) is 0 Å². The lowest BCUT2D eigenvalue weighted by Gasteiger charge is -2.28. The summed E-state index contributed by atoms with van der Waals surface area (Å²) in [6.45, 7) is 3.38. The molecule has 0 aliphatic carbocycles. The second-order valence-corrected chi connectivity index (χ2v) is 6.53. The van der Waals surface area contributed by atoms with Gasteiger partial charge < -0.3 is 15.0 Å². The summed E-state index contributed by atoms with van der Waals surface area (Å²) in [4.78, 5) is 15.7. The third-order valence-electron chi connectivity index (χ3n) is 4.71. The molecule has 1 aliphatic heterocycles. The van der Waals surface area contributed by atoms with Crippen molar-refractivity contribution in [2.75, 3.05) is 36.5 Å². The van der Waals surface area contributed by atoms with E-state index in [9.17, 15) is 0 Å². The Kier molecular flexibility index (Phi) is 4.30. The molecule has 8 nitrogen and oxygen atoms in total. The normalized spacial score (nSPS) is 14.4. The molecule has 0 spiro atoms. The Balaban J connectivity index is 1.45. The summed E-state index contributed by atoms with van der Waals surface area (Å²) in [6.07, 6.45) is 5.25. The summed E-state index contributed by atoms with van der Waals surface area (Å²) in [7, 11) is 0. The predicted molar refractivity (Wildman–Crippen MR) is 108 cm³/mol. The Morgan fingerprint density at radius 3 is 2.68 bits per heavy atom. The van der Waals surface area contributed by atoms with Crippen LogP contribution in [0.25, 0.3) is 22.4 Å². The van der Waals surface area contributed by atoms with E-state index in [2.05, 4.69) is 59.6 Å². The lowest BCUT2D eigenvalue weighted by molar-refractivity contribution is 0.122. The fourth-order valence-corrected chi connectivity index (χ4v) is 3.27. The number of nitrogens with one attached hydrogen (secondary N) is 2. The smallest absolute Gasteiger partial charge is 0.163 e. The predicted octanol–water partition coefficient (Wildman–Crippen LogP) is 3.00. The van der Waals surface area contributed by atoms with Crippen LogP contribution in [0.2, 0.25) is 0 Å². The quantitative estimate of drug-likeness (QED) is 0.568. The van der Waals surface area contributed by atoms with E-state index in [0.29, 0.717) is 17.2 Å². The molecule has 0 amide bonds. The summed E-state index contributed by atoms with van der Waals surface area (Å²) in [6, 6.07) is 12.1. The molecule has 1 fully saturated rings. The number of morpholine rings is 1. The maximum Gasteiger partial charge on any atom is 0.163 e. The third-order valence-corrected chi connectivity index (χ3v) is 4.71. The first kappa shape index (κ1) is 16.6. The van der Waals surface area contributed by atoms with Crippen molar-refractivity contribution >= 4 is 28.2 Å². The Hall–Kier alpha value is -3.52. The minimum atomic E-state index is 0.606. The SMILES string of the molecule is c1cncc(-c2nc(Nc3ccc(N4CCOCC4)cc3)c3n[nH]cc3n2)c1. The van der Waals surface area contributed by atoms with E-state index in [4.69, 9.17) is 4.74 Å². The minimum Gasteiger partial charge on any atom is -0.378 e. The number of benzene rings is 1. The lowest BCUT2D eigenvalue weighted by atomic mass is 10.2. The molecule has 1 aromatic carbocycles. The maximum absolute atomic E-state index is 5.42. The Morgan fingerprint density at radius 1 is 1.04 bits per heavy atom. The standard InChI is InChI=1S/C20H19N7O/c1-2-14(12-21-7-1)19-24-17-13-22-26-18(17)20(25-19)23-15-3-5-16(6-4-15)27-8-10-28-11-9-27/h1-7,12-13H,8-11H2,(H,22,26)(H,23,24,25). The van der Waals surface area contributed by atoms with Crippen LogP contribution >= 0.6 is 0 Å². The first-order valence-electron chi connectivity index (χ1n) is 9.18. The van der Waals surface area contributed by atoms with Gasteiger partial charge in [-0.1, -0.05) is 0 Å². The van der Waals surface area contributed by atoms with Crippen LogP contribution in [0.3, 0.4) is 0 Å². The molecule has 28 heavy (non-hydrogen) atoms. The summed E-state index contributed by atoms with van der Waals surface area (Å²) >= 11 is 0. The molecule has 3 aromatic heterocycles. The van der Waals surface area contributed by atoms with Crippen molar-refractivity contribution in [1.29, 1.82) is 0 Å². The van der Waals surface area contributed by atoms with Crippen molar-refractivity contribution in [2.45, 2.75) is 0 Å². The highest BCUT2D eigenvalue weighted by Gasteiger charge is 2.13. The van der Waals surface area contributed by atoms with E-state index in [1.54, 1.807) is 18.6 Å². The number of fused-ring (bicyclic) bond motifs is 1. The lowest BCUT2D eigenvalue weighted by Crippen LogP contribution is -2.36. The van der Waals surface area contributed by atoms with Gasteiger partial charge in [0.15, 0.2) is 17.2 Å². The zero-order valence-electron chi connectivity index (χ0n) is 15.2. The summed E-state index contributed by atoms with van der Waals surface area (Å²) < 4.78 is 5.42. The number of pyridine rings is 1. The van der Waals surface area contributed by atoms with Gasteiger partial charge in [0.1, 0.15) is 5.52 Å². The van der Waals surface area contributed by atoms with Crippen molar-refractivity contribution in [1.82, 2.24) is 25.1 Å². The third kappa shape index (κ3) is 3.25. The monoisotopic (exact) mass is 373 g/mol. The molecule has 2 N–H and O–H groups in total. The highest BCUT2D eigenvalue weighted by atomic mass is 16.5. The average molecular weight is 373 g/mol. The fourth-order valence-electron chi connectivity index (χ4n) is 3.27. The Labute approximate surface area is 161 Å². The van der Waals surface area contributed by atoms with Gasteiger partial charge in [-0.05, 0) is 36.4 Å². The topological polar surface area (TPSA) is 91.9 Å². The molecule has 1 aliphatic rings. The highest BCUT2D eigenvalue weighted by molar-refractivity contribution is 5.88. The molecule has 1 saturated heterocycles. The van der Waals surface area contributed by atoms with Crippen LogP contribution in [-0.2, 0) is 4.74 Å². The number of hydrogen-bond acceptors (Lipinski definition) is 7. The first-order valence-corrected chi connectivity index (χ1v) is 9.18. The highest BCUT2D eigenvalue weighted by Crippen LogP contribution is 2.27. The number of nitrogens with zero attached hydrogens (tertiary/aromatic N) is 5. The van der Waals surface area contributed by atoms with Crippen molar-refractivity contribution < 1.29 is 4.74 Å².